The first-order chi connectivity index (χ1) is 10.5. The monoisotopic (exact) mass is 379 g/mol. The number of halogens is 1. The van der Waals surface area contributed by atoms with Crippen molar-refractivity contribution in [1.29, 1.82) is 0 Å². The van der Waals surface area contributed by atoms with Crippen LogP contribution in [0, 0.1) is 0 Å². The number of carboxylic acids is 1. The van der Waals surface area contributed by atoms with Gasteiger partial charge in [-0.05, 0) is 48.6 Å². The maximum absolute atomic E-state index is 12.3. The van der Waals surface area contributed by atoms with E-state index in [-0.39, 0.29) is 5.91 Å². The number of carbonyl (C=O) groups is 2. The molecule has 2 N–H and O–H groups in total. The Bertz CT molecular complexity index is 702. The van der Waals surface area contributed by atoms with Crippen molar-refractivity contribution in [2.45, 2.75) is 25.3 Å². The molecule has 0 saturated heterocycles. The van der Waals surface area contributed by atoms with Gasteiger partial charge in [0.1, 0.15) is 0 Å². The average Bonchev–Trinajstić information content (AvgIpc) is 3.06. The summed E-state index contributed by atoms with van der Waals surface area (Å²) in [5.74, 6) is -1.39. The standard InChI is InChI=1S/C16H14BrNO3S/c17-11-6-4-9(5-7-11)14(16(20)21)18-15(19)13-8-10-2-1-3-12(10)22-13/h4-8,14H,1-3H2,(H,18,19)(H,20,21). The summed E-state index contributed by atoms with van der Waals surface area (Å²) in [6.45, 7) is 0. The molecule has 0 spiro atoms. The molecule has 1 aliphatic carbocycles. The lowest BCUT2D eigenvalue weighted by molar-refractivity contribution is -0.139. The predicted octanol–water partition coefficient (Wildman–Crippen LogP) is 3.56. The Morgan fingerprint density at radius 3 is 2.59 bits per heavy atom. The van der Waals surface area contributed by atoms with E-state index in [0.29, 0.717) is 10.4 Å². The van der Waals surface area contributed by atoms with Crippen LogP contribution in [0.1, 0.15) is 38.1 Å². The Hall–Kier alpha value is -1.66. The summed E-state index contributed by atoms with van der Waals surface area (Å²) in [6, 6.07) is 7.75. The van der Waals surface area contributed by atoms with Crippen molar-refractivity contribution >= 4 is 39.1 Å². The van der Waals surface area contributed by atoms with Gasteiger partial charge in [0.05, 0.1) is 4.88 Å². The third-order valence-corrected chi connectivity index (χ3v) is 5.46. The summed E-state index contributed by atoms with van der Waals surface area (Å²) in [7, 11) is 0. The van der Waals surface area contributed by atoms with Crippen LogP contribution in [0.5, 0.6) is 0 Å². The molecule has 1 atom stereocenters. The van der Waals surface area contributed by atoms with Crippen molar-refractivity contribution in [3.05, 3.63) is 55.7 Å². The number of benzene rings is 1. The van der Waals surface area contributed by atoms with Crippen molar-refractivity contribution in [2.75, 3.05) is 0 Å². The Morgan fingerprint density at radius 2 is 1.95 bits per heavy atom. The first-order valence-electron chi connectivity index (χ1n) is 6.95. The molecule has 0 saturated carbocycles. The molecule has 3 rings (SSSR count). The highest BCUT2D eigenvalue weighted by Crippen LogP contribution is 2.31. The lowest BCUT2D eigenvalue weighted by atomic mass is 10.1. The molecule has 4 nitrogen and oxygen atoms in total. The van der Waals surface area contributed by atoms with Gasteiger partial charge < -0.3 is 10.4 Å². The van der Waals surface area contributed by atoms with E-state index < -0.39 is 12.0 Å². The summed E-state index contributed by atoms with van der Waals surface area (Å²) < 4.78 is 0.862. The molecule has 114 valence electrons. The molecule has 6 heteroatoms. The number of nitrogens with one attached hydrogen (secondary N) is 1. The van der Waals surface area contributed by atoms with Gasteiger partial charge in [-0.15, -0.1) is 11.3 Å². The van der Waals surface area contributed by atoms with E-state index in [4.69, 9.17) is 0 Å². The summed E-state index contributed by atoms with van der Waals surface area (Å²) in [5.41, 5.74) is 1.78. The smallest absolute Gasteiger partial charge is 0.330 e. The van der Waals surface area contributed by atoms with E-state index in [9.17, 15) is 14.7 Å². The zero-order valence-electron chi connectivity index (χ0n) is 11.6. The topological polar surface area (TPSA) is 66.4 Å². The third kappa shape index (κ3) is 3.08. The van der Waals surface area contributed by atoms with Crippen LogP contribution in [-0.2, 0) is 17.6 Å². The molecule has 2 aromatic rings. The van der Waals surface area contributed by atoms with Crippen LogP contribution in [0.3, 0.4) is 0 Å². The third-order valence-electron chi connectivity index (χ3n) is 3.70. The fraction of sp³-hybridized carbons (Fsp3) is 0.250. The molecule has 22 heavy (non-hydrogen) atoms. The molecule has 0 aliphatic heterocycles. The Kier molecular flexibility index (Phi) is 4.31. The molecule has 1 heterocycles. The minimum atomic E-state index is -1.07. The van der Waals surface area contributed by atoms with Crippen molar-refractivity contribution in [2.24, 2.45) is 0 Å². The van der Waals surface area contributed by atoms with Gasteiger partial charge >= 0.3 is 5.97 Å². The summed E-state index contributed by atoms with van der Waals surface area (Å²) >= 11 is 4.78. The van der Waals surface area contributed by atoms with Gasteiger partial charge in [-0.1, -0.05) is 28.1 Å². The second-order valence-corrected chi connectivity index (χ2v) is 7.26. The van der Waals surface area contributed by atoms with E-state index in [0.717, 1.165) is 23.7 Å². The Labute approximate surface area is 140 Å². The zero-order valence-corrected chi connectivity index (χ0v) is 14.0. The van der Waals surface area contributed by atoms with E-state index in [1.807, 2.05) is 6.07 Å². The molecular weight excluding hydrogens is 366 g/mol. The number of fused-ring (bicyclic) bond motifs is 1. The molecule has 1 aromatic heterocycles. The highest BCUT2D eigenvalue weighted by Gasteiger charge is 2.25. The first-order valence-corrected chi connectivity index (χ1v) is 8.56. The maximum atomic E-state index is 12.3. The summed E-state index contributed by atoms with van der Waals surface area (Å²) in [6.07, 6.45) is 3.16. The van der Waals surface area contributed by atoms with Crippen molar-refractivity contribution in [1.82, 2.24) is 5.32 Å². The van der Waals surface area contributed by atoms with Gasteiger partial charge in [0.2, 0.25) is 0 Å². The van der Waals surface area contributed by atoms with Crippen LogP contribution >= 0.6 is 27.3 Å². The zero-order chi connectivity index (χ0) is 15.7. The number of carbonyl (C=O) groups excluding carboxylic acids is 1. The number of amides is 1. The van der Waals surface area contributed by atoms with Crippen LogP contribution in [0.25, 0.3) is 0 Å². The second-order valence-electron chi connectivity index (χ2n) is 5.21. The number of aryl methyl sites for hydroxylation is 2. The van der Waals surface area contributed by atoms with Crippen LogP contribution in [0.4, 0.5) is 0 Å². The van der Waals surface area contributed by atoms with E-state index >= 15 is 0 Å². The minimum absolute atomic E-state index is 0.324. The van der Waals surface area contributed by atoms with Crippen LogP contribution < -0.4 is 5.32 Å². The SMILES string of the molecule is O=C(NC(C(=O)O)c1ccc(Br)cc1)c1cc2c(s1)CCC2. The normalized spacial score (nSPS) is 14.4. The van der Waals surface area contributed by atoms with Gasteiger partial charge in [0.25, 0.3) is 5.91 Å². The van der Waals surface area contributed by atoms with Crippen molar-refractivity contribution in [3.8, 4) is 0 Å². The number of thiophene rings is 1. The van der Waals surface area contributed by atoms with Gasteiger partial charge in [-0.3, -0.25) is 4.79 Å². The van der Waals surface area contributed by atoms with Crippen LogP contribution in [0.15, 0.2) is 34.8 Å². The lowest BCUT2D eigenvalue weighted by Gasteiger charge is -2.14. The molecule has 0 radical (unpaired) electrons. The largest absolute Gasteiger partial charge is 0.479 e. The van der Waals surface area contributed by atoms with Gasteiger partial charge in [0, 0.05) is 9.35 Å². The second kappa shape index (κ2) is 6.22. The number of carboxylic acid groups (broad SMARTS) is 1. The maximum Gasteiger partial charge on any atom is 0.330 e. The molecule has 1 aromatic carbocycles. The molecule has 0 bridgehead atoms. The van der Waals surface area contributed by atoms with Crippen molar-refractivity contribution < 1.29 is 14.7 Å². The van der Waals surface area contributed by atoms with Crippen LogP contribution in [-0.4, -0.2) is 17.0 Å². The van der Waals surface area contributed by atoms with Gasteiger partial charge in [-0.25, -0.2) is 4.79 Å². The van der Waals surface area contributed by atoms with E-state index in [1.54, 1.807) is 24.3 Å². The minimum Gasteiger partial charge on any atom is -0.479 e. The first kappa shape index (κ1) is 15.2. The summed E-state index contributed by atoms with van der Waals surface area (Å²) in [4.78, 5) is 25.6. The van der Waals surface area contributed by atoms with Crippen LogP contribution in [0.2, 0.25) is 0 Å². The molecule has 1 amide bonds. The molecular formula is C16H14BrNO3S. The molecule has 1 aliphatic rings. The number of rotatable bonds is 4. The van der Waals surface area contributed by atoms with Crippen molar-refractivity contribution in [3.63, 3.8) is 0 Å². The average molecular weight is 380 g/mol. The fourth-order valence-electron chi connectivity index (χ4n) is 2.59. The highest BCUT2D eigenvalue weighted by atomic mass is 79.9. The predicted molar refractivity (Wildman–Crippen MR) is 88.3 cm³/mol. The quantitative estimate of drug-likeness (QED) is 0.853. The molecule has 1 unspecified atom stereocenters. The van der Waals surface area contributed by atoms with E-state index in [2.05, 4.69) is 21.2 Å². The molecule has 0 fully saturated rings. The Morgan fingerprint density at radius 1 is 1.23 bits per heavy atom. The van der Waals surface area contributed by atoms with Gasteiger partial charge in [-0.2, -0.15) is 0 Å². The summed E-state index contributed by atoms with van der Waals surface area (Å²) in [5, 5.41) is 12.0. The Balaban J connectivity index is 1.79. The highest BCUT2D eigenvalue weighted by molar-refractivity contribution is 9.10. The number of hydrogen-bond acceptors (Lipinski definition) is 3. The number of aliphatic carboxylic acids is 1. The van der Waals surface area contributed by atoms with E-state index in [1.165, 1.54) is 21.8 Å². The fourth-order valence-corrected chi connectivity index (χ4v) is 4.01. The van der Waals surface area contributed by atoms with Gasteiger partial charge in [0.15, 0.2) is 6.04 Å². The lowest BCUT2D eigenvalue weighted by Crippen LogP contribution is -2.33. The number of hydrogen-bond donors (Lipinski definition) is 2.